The maximum absolute atomic E-state index is 12.8. The largest absolute Gasteiger partial charge is 0.495 e. The molecule has 7 nitrogen and oxygen atoms in total. The van der Waals surface area contributed by atoms with Gasteiger partial charge in [-0.05, 0) is 62.7 Å². The highest BCUT2D eigenvalue weighted by Crippen LogP contribution is 2.28. The van der Waals surface area contributed by atoms with E-state index in [0.717, 1.165) is 37.1 Å². The number of methoxy groups -OCH3 is 1. The molecule has 8 heteroatoms. The van der Waals surface area contributed by atoms with Gasteiger partial charge < -0.3 is 14.6 Å². The third-order valence-electron chi connectivity index (χ3n) is 5.48. The molecule has 0 bridgehead atoms. The first-order valence-corrected chi connectivity index (χ1v) is 10.7. The van der Waals surface area contributed by atoms with Crippen molar-refractivity contribution in [2.45, 2.75) is 26.3 Å². The molecule has 1 fully saturated rings. The molecule has 162 valence electrons. The predicted octanol–water partition coefficient (Wildman–Crippen LogP) is 4.56. The summed E-state index contributed by atoms with van der Waals surface area (Å²) in [6.45, 7) is 4.13. The van der Waals surface area contributed by atoms with Gasteiger partial charge in [-0.15, -0.1) is 0 Å². The second kappa shape index (κ2) is 9.49. The van der Waals surface area contributed by atoms with Crippen LogP contribution < -0.4 is 10.1 Å². The van der Waals surface area contributed by atoms with Crippen molar-refractivity contribution in [1.82, 2.24) is 15.0 Å². The third-order valence-corrected chi connectivity index (χ3v) is 5.72. The SMILES string of the molecule is COc1ccc(C)cc1NC(=O)C1CCN(Cc2nc(-c3cccc(Cl)c3)no2)CC1. The van der Waals surface area contributed by atoms with Crippen molar-refractivity contribution in [2.75, 3.05) is 25.5 Å². The molecule has 0 saturated carbocycles. The van der Waals surface area contributed by atoms with Gasteiger partial charge in [0.1, 0.15) is 5.75 Å². The number of amides is 1. The van der Waals surface area contributed by atoms with E-state index in [1.165, 1.54) is 0 Å². The van der Waals surface area contributed by atoms with Crippen LogP contribution in [0.25, 0.3) is 11.4 Å². The van der Waals surface area contributed by atoms with E-state index < -0.39 is 0 Å². The lowest BCUT2D eigenvalue weighted by Gasteiger charge is -2.30. The van der Waals surface area contributed by atoms with Gasteiger partial charge in [-0.3, -0.25) is 9.69 Å². The van der Waals surface area contributed by atoms with Gasteiger partial charge in [-0.2, -0.15) is 4.98 Å². The number of rotatable bonds is 6. The number of ether oxygens (including phenoxy) is 1. The Balaban J connectivity index is 1.31. The van der Waals surface area contributed by atoms with E-state index in [-0.39, 0.29) is 11.8 Å². The number of benzene rings is 2. The van der Waals surface area contributed by atoms with E-state index in [1.807, 2.05) is 43.3 Å². The lowest BCUT2D eigenvalue weighted by Crippen LogP contribution is -2.37. The van der Waals surface area contributed by atoms with Crippen LogP contribution in [0.3, 0.4) is 0 Å². The van der Waals surface area contributed by atoms with E-state index >= 15 is 0 Å². The summed E-state index contributed by atoms with van der Waals surface area (Å²) in [7, 11) is 1.61. The third kappa shape index (κ3) is 5.24. The molecule has 0 radical (unpaired) electrons. The van der Waals surface area contributed by atoms with Crippen LogP contribution in [0.2, 0.25) is 5.02 Å². The molecule has 1 N–H and O–H groups in total. The Morgan fingerprint density at radius 3 is 2.81 bits per heavy atom. The van der Waals surface area contributed by atoms with Crippen LogP contribution >= 0.6 is 11.6 Å². The van der Waals surface area contributed by atoms with Gasteiger partial charge in [0, 0.05) is 16.5 Å². The van der Waals surface area contributed by atoms with E-state index in [4.69, 9.17) is 20.9 Å². The molecule has 1 amide bonds. The van der Waals surface area contributed by atoms with Crippen molar-refractivity contribution < 1.29 is 14.1 Å². The summed E-state index contributed by atoms with van der Waals surface area (Å²) in [6, 6.07) is 13.1. The molecule has 1 aliphatic heterocycles. The number of carbonyl (C=O) groups is 1. The second-order valence-electron chi connectivity index (χ2n) is 7.77. The van der Waals surface area contributed by atoms with Gasteiger partial charge >= 0.3 is 0 Å². The average Bonchev–Trinajstić information content (AvgIpc) is 3.23. The molecule has 3 aromatic rings. The number of aromatic nitrogens is 2. The summed E-state index contributed by atoms with van der Waals surface area (Å²) in [4.78, 5) is 19.5. The van der Waals surface area contributed by atoms with Gasteiger partial charge in [-0.1, -0.05) is 35.0 Å². The fraction of sp³-hybridized carbons (Fsp3) is 0.348. The van der Waals surface area contributed by atoms with Crippen LogP contribution in [0.15, 0.2) is 47.0 Å². The first kappa shape index (κ1) is 21.3. The summed E-state index contributed by atoms with van der Waals surface area (Å²) in [5, 5.41) is 7.72. The van der Waals surface area contributed by atoms with Crippen molar-refractivity contribution >= 4 is 23.2 Å². The normalized spacial score (nSPS) is 15.1. The maximum atomic E-state index is 12.8. The molecule has 0 unspecified atom stereocenters. The van der Waals surface area contributed by atoms with Crippen LogP contribution in [0, 0.1) is 12.8 Å². The lowest BCUT2D eigenvalue weighted by molar-refractivity contribution is -0.121. The molecule has 0 atom stereocenters. The number of hydrogen-bond acceptors (Lipinski definition) is 6. The topological polar surface area (TPSA) is 80.5 Å². The fourth-order valence-electron chi connectivity index (χ4n) is 3.76. The minimum absolute atomic E-state index is 0.0320. The number of likely N-dealkylation sites (tertiary alicyclic amines) is 1. The van der Waals surface area contributed by atoms with E-state index in [0.29, 0.717) is 34.7 Å². The van der Waals surface area contributed by atoms with Crippen LogP contribution in [0.5, 0.6) is 5.75 Å². The van der Waals surface area contributed by atoms with Crippen molar-refractivity contribution in [3.63, 3.8) is 0 Å². The maximum Gasteiger partial charge on any atom is 0.241 e. The first-order valence-electron chi connectivity index (χ1n) is 10.3. The minimum Gasteiger partial charge on any atom is -0.495 e. The molecule has 1 aromatic heterocycles. The molecule has 2 heterocycles. The molecule has 0 aliphatic carbocycles. The van der Waals surface area contributed by atoms with Gasteiger partial charge in [0.25, 0.3) is 0 Å². The molecule has 4 rings (SSSR count). The molecular weight excluding hydrogens is 416 g/mol. The minimum atomic E-state index is -0.0359. The van der Waals surface area contributed by atoms with Crippen molar-refractivity contribution in [3.05, 3.63) is 58.9 Å². The number of halogens is 1. The first-order chi connectivity index (χ1) is 15.0. The zero-order valence-corrected chi connectivity index (χ0v) is 18.4. The number of nitrogens with zero attached hydrogens (tertiary/aromatic N) is 3. The summed E-state index contributed by atoms with van der Waals surface area (Å²) < 4.78 is 10.8. The highest BCUT2D eigenvalue weighted by atomic mass is 35.5. The number of piperidine rings is 1. The second-order valence-corrected chi connectivity index (χ2v) is 8.20. The molecule has 2 aromatic carbocycles. The monoisotopic (exact) mass is 440 g/mol. The smallest absolute Gasteiger partial charge is 0.241 e. The summed E-state index contributed by atoms with van der Waals surface area (Å²) in [5.41, 5.74) is 2.61. The quantitative estimate of drug-likeness (QED) is 0.605. The Morgan fingerprint density at radius 2 is 2.06 bits per heavy atom. The molecule has 1 aliphatic rings. The molecule has 31 heavy (non-hydrogen) atoms. The Labute approximate surface area is 186 Å². The van der Waals surface area contributed by atoms with Crippen LogP contribution in [-0.2, 0) is 11.3 Å². The Bertz CT molecular complexity index is 1060. The number of nitrogens with one attached hydrogen (secondary N) is 1. The Kier molecular flexibility index (Phi) is 6.53. The number of anilines is 1. The Hall–Kier alpha value is -2.90. The summed E-state index contributed by atoms with van der Waals surface area (Å²) >= 11 is 6.04. The zero-order valence-electron chi connectivity index (χ0n) is 17.6. The van der Waals surface area contributed by atoms with Gasteiger partial charge in [0.15, 0.2) is 0 Å². The summed E-state index contributed by atoms with van der Waals surface area (Å²) in [5.74, 6) is 1.75. The number of aryl methyl sites for hydroxylation is 1. The van der Waals surface area contributed by atoms with Gasteiger partial charge in [-0.25, -0.2) is 0 Å². The lowest BCUT2D eigenvalue weighted by atomic mass is 9.95. The van der Waals surface area contributed by atoms with E-state index in [9.17, 15) is 4.79 Å². The van der Waals surface area contributed by atoms with Crippen molar-refractivity contribution in [3.8, 4) is 17.1 Å². The number of hydrogen-bond donors (Lipinski definition) is 1. The summed E-state index contributed by atoms with van der Waals surface area (Å²) in [6.07, 6.45) is 1.55. The van der Waals surface area contributed by atoms with E-state index in [1.54, 1.807) is 13.2 Å². The average molecular weight is 441 g/mol. The van der Waals surface area contributed by atoms with Crippen molar-refractivity contribution in [1.29, 1.82) is 0 Å². The zero-order chi connectivity index (χ0) is 21.8. The highest BCUT2D eigenvalue weighted by Gasteiger charge is 2.26. The predicted molar refractivity (Wildman–Crippen MR) is 119 cm³/mol. The van der Waals surface area contributed by atoms with Crippen molar-refractivity contribution in [2.24, 2.45) is 5.92 Å². The van der Waals surface area contributed by atoms with Crippen LogP contribution in [0.4, 0.5) is 5.69 Å². The fourth-order valence-corrected chi connectivity index (χ4v) is 3.95. The van der Waals surface area contributed by atoms with Crippen LogP contribution in [-0.4, -0.2) is 41.1 Å². The van der Waals surface area contributed by atoms with E-state index in [2.05, 4.69) is 20.4 Å². The molecule has 0 spiro atoms. The Morgan fingerprint density at radius 1 is 1.26 bits per heavy atom. The van der Waals surface area contributed by atoms with Gasteiger partial charge in [0.2, 0.25) is 17.6 Å². The van der Waals surface area contributed by atoms with Crippen LogP contribution in [0.1, 0.15) is 24.3 Å². The standard InChI is InChI=1S/C23H25ClN4O3/c1-15-6-7-20(30-2)19(12-15)25-23(29)16-8-10-28(11-9-16)14-21-26-22(27-31-21)17-4-3-5-18(24)13-17/h3-7,12-13,16H,8-11,14H2,1-2H3,(H,25,29). The van der Waals surface area contributed by atoms with Gasteiger partial charge in [0.05, 0.1) is 19.3 Å². The molecule has 1 saturated heterocycles. The molecular formula is C23H25ClN4O3. The highest BCUT2D eigenvalue weighted by molar-refractivity contribution is 6.30. The number of carbonyl (C=O) groups excluding carboxylic acids is 1.